The fourth-order valence-electron chi connectivity index (χ4n) is 3.54. The molecule has 0 aliphatic carbocycles. The highest BCUT2D eigenvalue weighted by Crippen LogP contribution is 2.35. The molecule has 1 atom stereocenters. The molecule has 30 heavy (non-hydrogen) atoms. The number of carbonyl (C=O) groups excluding carboxylic acids is 1. The van der Waals surface area contributed by atoms with Crippen molar-refractivity contribution < 1.29 is 14.3 Å². The first-order valence-corrected chi connectivity index (χ1v) is 12.1. The van der Waals surface area contributed by atoms with Gasteiger partial charge in [0.15, 0.2) is 5.13 Å². The van der Waals surface area contributed by atoms with Crippen LogP contribution in [-0.4, -0.2) is 43.0 Å². The number of aromatic nitrogens is 1. The van der Waals surface area contributed by atoms with Crippen LogP contribution in [0, 0.1) is 0 Å². The summed E-state index contributed by atoms with van der Waals surface area (Å²) >= 11 is 3.32. The van der Waals surface area contributed by atoms with E-state index in [0.29, 0.717) is 13.0 Å². The van der Waals surface area contributed by atoms with Crippen LogP contribution in [0.5, 0.6) is 5.75 Å². The summed E-state index contributed by atoms with van der Waals surface area (Å²) in [5.41, 5.74) is 0.810. The van der Waals surface area contributed by atoms with E-state index in [2.05, 4.69) is 12.1 Å². The highest BCUT2D eigenvalue weighted by molar-refractivity contribution is 7.99. The van der Waals surface area contributed by atoms with Crippen molar-refractivity contribution >= 4 is 44.4 Å². The number of anilines is 1. The van der Waals surface area contributed by atoms with Crippen molar-refractivity contribution in [1.82, 2.24) is 4.98 Å². The summed E-state index contributed by atoms with van der Waals surface area (Å²) in [6.45, 7) is 1.33. The van der Waals surface area contributed by atoms with Gasteiger partial charge in [-0.05, 0) is 49.3 Å². The number of amides is 1. The Labute approximate surface area is 185 Å². The molecular weight excluding hydrogens is 416 g/mol. The van der Waals surface area contributed by atoms with E-state index >= 15 is 0 Å². The van der Waals surface area contributed by atoms with Crippen LogP contribution >= 0.6 is 23.1 Å². The molecule has 0 saturated carbocycles. The van der Waals surface area contributed by atoms with Gasteiger partial charge in [0.25, 0.3) is 0 Å². The molecule has 0 N–H and O–H groups in total. The predicted molar refractivity (Wildman–Crippen MR) is 124 cm³/mol. The molecule has 1 aliphatic heterocycles. The number of methoxy groups -OCH3 is 1. The zero-order chi connectivity index (χ0) is 20.8. The molecule has 158 valence electrons. The van der Waals surface area contributed by atoms with E-state index in [1.54, 1.807) is 18.9 Å². The average molecular weight is 443 g/mol. The summed E-state index contributed by atoms with van der Waals surface area (Å²) in [4.78, 5) is 21.0. The Morgan fingerprint density at radius 1 is 1.27 bits per heavy atom. The Morgan fingerprint density at radius 2 is 2.13 bits per heavy atom. The van der Waals surface area contributed by atoms with Gasteiger partial charge in [-0.3, -0.25) is 9.69 Å². The van der Waals surface area contributed by atoms with Crippen molar-refractivity contribution in [2.45, 2.75) is 36.7 Å². The van der Waals surface area contributed by atoms with E-state index in [0.717, 1.165) is 52.7 Å². The normalized spacial score (nSPS) is 16.1. The lowest BCUT2D eigenvalue weighted by Gasteiger charge is -2.23. The van der Waals surface area contributed by atoms with Gasteiger partial charge in [-0.25, -0.2) is 4.98 Å². The molecule has 1 fully saturated rings. The maximum atomic E-state index is 13.2. The number of thioether (sulfide) groups is 1. The molecule has 1 amide bonds. The minimum Gasteiger partial charge on any atom is -0.494 e. The number of rotatable bonds is 9. The maximum Gasteiger partial charge on any atom is 0.228 e. The van der Waals surface area contributed by atoms with Crippen LogP contribution in [0.1, 0.15) is 25.7 Å². The maximum absolute atomic E-state index is 13.2. The number of para-hydroxylation sites is 1. The Balaban J connectivity index is 1.45. The predicted octanol–water partition coefficient (Wildman–Crippen LogP) is 5.39. The number of fused-ring (bicyclic) bond motifs is 1. The number of carbonyl (C=O) groups is 1. The Kier molecular flexibility index (Phi) is 7.25. The van der Waals surface area contributed by atoms with Crippen LogP contribution in [0.4, 0.5) is 5.13 Å². The molecule has 1 unspecified atom stereocenters. The Hall–Kier alpha value is -2.09. The number of benzene rings is 2. The summed E-state index contributed by atoms with van der Waals surface area (Å²) in [5.74, 6) is 1.76. The molecule has 3 aromatic rings. The lowest BCUT2D eigenvalue weighted by molar-refractivity contribution is -0.119. The molecule has 1 aromatic heterocycles. The van der Waals surface area contributed by atoms with Crippen molar-refractivity contribution in [3.05, 3.63) is 48.5 Å². The number of nitrogens with zero attached hydrogens (tertiary/aromatic N) is 2. The quantitative estimate of drug-likeness (QED) is 0.328. The first kappa shape index (κ1) is 21.2. The topological polar surface area (TPSA) is 51.7 Å². The second-order valence-electron chi connectivity index (χ2n) is 7.21. The van der Waals surface area contributed by atoms with Gasteiger partial charge in [0.1, 0.15) is 11.3 Å². The van der Waals surface area contributed by atoms with Crippen molar-refractivity contribution in [1.29, 1.82) is 0 Å². The minimum absolute atomic E-state index is 0.0848. The number of ether oxygens (including phenoxy) is 2. The number of thiazole rings is 1. The molecule has 0 bridgehead atoms. The van der Waals surface area contributed by atoms with Gasteiger partial charge in [0, 0.05) is 17.9 Å². The Morgan fingerprint density at radius 3 is 2.90 bits per heavy atom. The molecule has 4 rings (SSSR count). The van der Waals surface area contributed by atoms with E-state index < -0.39 is 0 Å². The molecule has 2 heterocycles. The summed E-state index contributed by atoms with van der Waals surface area (Å²) < 4.78 is 12.3. The van der Waals surface area contributed by atoms with Crippen LogP contribution in [0.3, 0.4) is 0 Å². The largest absolute Gasteiger partial charge is 0.494 e. The third kappa shape index (κ3) is 5.14. The molecule has 7 heteroatoms. The number of hydrogen-bond donors (Lipinski definition) is 0. The summed E-state index contributed by atoms with van der Waals surface area (Å²) in [6, 6.07) is 16.2. The van der Waals surface area contributed by atoms with Crippen molar-refractivity contribution in [2.75, 3.05) is 30.9 Å². The van der Waals surface area contributed by atoms with Crippen LogP contribution < -0.4 is 9.64 Å². The van der Waals surface area contributed by atoms with E-state index in [9.17, 15) is 4.79 Å². The van der Waals surface area contributed by atoms with E-state index in [-0.39, 0.29) is 12.0 Å². The minimum atomic E-state index is 0.0848. The third-order valence-electron chi connectivity index (χ3n) is 5.08. The molecule has 2 aromatic carbocycles. The van der Waals surface area contributed by atoms with Crippen LogP contribution in [-0.2, 0) is 9.53 Å². The fourth-order valence-corrected chi connectivity index (χ4v) is 5.42. The Bertz CT molecular complexity index is 971. The highest BCUT2D eigenvalue weighted by Gasteiger charge is 2.26. The molecule has 0 spiro atoms. The van der Waals surface area contributed by atoms with Crippen LogP contribution in [0.25, 0.3) is 10.2 Å². The zero-order valence-corrected chi connectivity index (χ0v) is 18.7. The molecule has 0 radical (unpaired) electrons. The SMILES string of the molecule is COc1cccc2sc(N(CC3CCCO3)C(=O)CCCSc3ccccc3)nc12. The van der Waals surface area contributed by atoms with Crippen molar-refractivity contribution in [3.8, 4) is 5.75 Å². The van der Waals surface area contributed by atoms with Crippen molar-refractivity contribution in [3.63, 3.8) is 0 Å². The van der Waals surface area contributed by atoms with Crippen LogP contribution in [0.15, 0.2) is 53.4 Å². The molecule has 1 aliphatic rings. The number of hydrogen-bond acceptors (Lipinski definition) is 6. The monoisotopic (exact) mass is 442 g/mol. The first-order valence-electron chi connectivity index (χ1n) is 10.3. The van der Waals surface area contributed by atoms with E-state index in [4.69, 9.17) is 14.5 Å². The van der Waals surface area contributed by atoms with Gasteiger partial charge in [0.05, 0.1) is 24.5 Å². The third-order valence-corrected chi connectivity index (χ3v) is 7.22. The summed E-state index contributed by atoms with van der Waals surface area (Å²) in [7, 11) is 1.65. The zero-order valence-electron chi connectivity index (χ0n) is 17.1. The van der Waals surface area contributed by atoms with Gasteiger partial charge in [0.2, 0.25) is 5.91 Å². The summed E-state index contributed by atoms with van der Waals surface area (Å²) in [5, 5.41) is 0.728. The smallest absolute Gasteiger partial charge is 0.228 e. The van der Waals surface area contributed by atoms with Gasteiger partial charge in [-0.1, -0.05) is 35.6 Å². The van der Waals surface area contributed by atoms with Crippen molar-refractivity contribution in [2.24, 2.45) is 0 Å². The van der Waals surface area contributed by atoms with Gasteiger partial charge < -0.3 is 9.47 Å². The molecular formula is C23H26N2O3S2. The lowest BCUT2D eigenvalue weighted by Crippen LogP contribution is -2.37. The fraction of sp³-hybridized carbons (Fsp3) is 0.391. The standard InChI is InChI=1S/C23H26N2O3S2/c1-27-19-11-5-12-20-22(19)24-23(30-20)25(16-17-8-6-14-28-17)21(26)13-7-15-29-18-9-3-2-4-10-18/h2-5,9-12,17H,6-8,13-16H2,1H3. The van der Waals surface area contributed by atoms with Gasteiger partial charge in [-0.2, -0.15) is 0 Å². The second-order valence-corrected chi connectivity index (χ2v) is 9.39. The van der Waals surface area contributed by atoms with E-state index in [1.165, 1.54) is 16.2 Å². The van der Waals surface area contributed by atoms with Crippen LogP contribution in [0.2, 0.25) is 0 Å². The van der Waals surface area contributed by atoms with E-state index in [1.807, 2.05) is 41.3 Å². The molecule has 1 saturated heterocycles. The second kappa shape index (κ2) is 10.3. The lowest BCUT2D eigenvalue weighted by atomic mass is 10.2. The highest BCUT2D eigenvalue weighted by atomic mass is 32.2. The first-order chi connectivity index (χ1) is 14.7. The van der Waals surface area contributed by atoms with Gasteiger partial charge in [-0.15, -0.1) is 11.8 Å². The van der Waals surface area contributed by atoms with Gasteiger partial charge >= 0.3 is 0 Å². The average Bonchev–Trinajstić information content (AvgIpc) is 3.45. The summed E-state index contributed by atoms with van der Waals surface area (Å²) in [6.07, 6.45) is 3.45. The molecule has 5 nitrogen and oxygen atoms in total.